The molecule has 0 saturated carbocycles. The summed E-state index contributed by atoms with van der Waals surface area (Å²) in [5.74, 6) is 0.232. The number of hydrogen-bond donors (Lipinski definition) is 1. The van der Waals surface area contributed by atoms with Crippen LogP contribution in [0.1, 0.15) is 36.2 Å². The topological polar surface area (TPSA) is 68.5 Å². The van der Waals surface area contributed by atoms with Crippen LogP contribution in [0, 0.1) is 12.7 Å². The van der Waals surface area contributed by atoms with E-state index in [1.54, 1.807) is 28.9 Å². The number of aryl methyl sites for hydroxylation is 1. The molecule has 4 rings (SSSR count). The molecule has 2 aromatic heterocycles. The first kappa shape index (κ1) is 22.8. The Labute approximate surface area is 196 Å². The van der Waals surface area contributed by atoms with E-state index in [0.717, 1.165) is 28.1 Å². The van der Waals surface area contributed by atoms with Crippen LogP contribution in [0.15, 0.2) is 59.6 Å². The fourth-order valence-electron chi connectivity index (χ4n) is 3.45. The number of carbonyl (C=O) groups is 1. The monoisotopic (exact) mass is 464 g/mol. The summed E-state index contributed by atoms with van der Waals surface area (Å²) in [5, 5.41) is 7.61. The molecule has 0 aliphatic rings. The van der Waals surface area contributed by atoms with Gasteiger partial charge in [0.2, 0.25) is 5.88 Å². The largest absolute Gasteiger partial charge is 0.437 e. The predicted octanol–water partition coefficient (Wildman–Crippen LogP) is 5.89. The Hall–Kier alpha value is -3.39. The summed E-state index contributed by atoms with van der Waals surface area (Å²) in [4.78, 5) is 18.0. The van der Waals surface area contributed by atoms with Gasteiger partial charge in [-0.2, -0.15) is 0 Å². The molecule has 1 N–H and O–H groups in total. The standard InChI is InChI=1S/C25H25FN4O2S/c1-5-16(3)28-25(31)20-10-9-17(11-15(20)2)21-14-27-24-22(33-4)13-23(29-30(21)24)32-19-8-6-7-18(26)12-19/h6-14,16H,5H2,1-4H3,(H,28,31). The highest BCUT2D eigenvalue weighted by Crippen LogP contribution is 2.31. The number of fused-ring (bicyclic) bond motifs is 1. The summed E-state index contributed by atoms with van der Waals surface area (Å²) >= 11 is 1.52. The average Bonchev–Trinajstić information content (AvgIpc) is 3.22. The van der Waals surface area contributed by atoms with Gasteiger partial charge in [-0.05, 0) is 56.4 Å². The maximum atomic E-state index is 13.6. The smallest absolute Gasteiger partial charge is 0.251 e. The number of thioether (sulfide) groups is 1. The first-order valence-corrected chi connectivity index (χ1v) is 11.9. The van der Waals surface area contributed by atoms with Crippen molar-refractivity contribution in [1.82, 2.24) is 19.9 Å². The lowest BCUT2D eigenvalue weighted by molar-refractivity contribution is 0.0938. The van der Waals surface area contributed by atoms with Crippen LogP contribution in [0.5, 0.6) is 11.6 Å². The maximum Gasteiger partial charge on any atom is 0.251 e. The van der Waals surface area contributed by atoms with Crippen molar-refractivity contribution in [2.24, 2.45) is 0 Å². The molecule has 6 nitrogen and oxygen atoms in total. The maximum absolute atomic E-state index is 13.6. The third-order valence-electron chi connectivity index (χ3n) is 5.41. The molecule has 4 aromatic rings. The van der Waals surface area contributed by atoms with E-state index < -0.39 is 0 Å². The number of ether oxygens (including phenoxy) is 1. The van der Waals surface area contributed by atoms with E-state index in [9.17, 15) is 9.18 Å². The van der Waals surface area contributed by atoms with Gasteiger partial charge in [0.1, 0.15) is 11.6 Å². The zero-order valence-electron chi connectivity index (χ0n) is 18.9. The number of benzene rings is 2. The molecule has 170 valence electrons. The van der Waals surface area contributed by atoms with Crippen LogP contribution >= 0.6 is 11.8 Å². The molecular weight excluding hydrogens is 439 g/mol. The summed E-state index contributed by atoms with van der Waals surface area (Å²) < 4.78 is 21.1. The second-order valence-electron chi connectivity index (χ2n) is 7.80. The van der Waals surface area contributed by atoms with Crippen molar-refractivity contribution in [2.75, 3.05) is 6.26 Å². The Kier molecular flexibility index (Phi) is 6.65. The Balaban J connectivity index is 1.72. The number of amides is 1. The number of carbonyl (C=O) groups excluding carboxylic acids is 1. The van der Waals surface area contributed by atoms with Crippen molar-refractivity contribution in [2.45, 2.75) is 38.1 Å². The molecule has 0 aliphatic carbocycles. The van der Waals surface area contributed by atoms with Gasteiger partial charge >= 0.3 is 0 Å². The summed E-state index contributed by atoms with van der Waals surface area (Å²) in [7, 11) is 0. The highest BCUT2D eigenvalue weighted by molar-refractivity contribution is 7.98. The number of rotatable bonds is 7. The molecule has 8 heteroatoms. The van der Waals surface area contributed by atoms with Gasteiger partial charge < -0.3 is 10.1 Å². The van der Waals surface area contributed by atoms with Crippen LogP contribution in [0.25, 0.3) is 16.9 Å². The van der Waals surface area contributed by atoms with Crippen molar-refractivity contribution < 1.29 is 13.9 Å². The van der Waals surface area contributed by atoms with Gasteiger partial charge in [-0.1, -0.05) is 19.1 Å². The molecule has 0 spiro atoms. The molecule has 0 fully saturated rings. The molecule has 0 bridgehead atoms. The lowest BCUT2D eigenvalue weighted by Crippen LogP contribution is -2.32. The minimum atomic E-state index is -0.380. The summed E-state index contributed by atoms with van der Waals surface area (Å²) in [6.07, 6.45) is 4.57. The fraction of sp³-hybridized carbons (Fsp3) is 0.240. The van der Waals surface area contributed by atoms with E-state index in [1.807, 2.05) is 45.2 Å². The number of imidazole rings is 1. The number of hydrogen-bond acceptors (Lipinski definition) is 5. The first-order valence-electron chi connectivity index (χ1n) is 10.7. The second-order valence-corrected chi connectivity index (χ2v) is 8.65. The van der Waals surface area contributed by atoms with Crippen molar-refractivity contribution >= 4 is 23.3 Å². The zero-order valence-corrected chi connectivity index (χ0v) is 19.7. The van der Waals surface area contributed by atoms with Gasteiger partial charge in [0.05, 0.1) is 16.8 Å². The molecule has 0 radical (unpaired) electrons. The highest BCUT2D eigenvalue weighted by atomic mass is 32.2. The Morgan fingerprint density at radius 1 is 1.24 bits per heavy atom. The van der Waals surface area contributed by atoms with Gasteiger partial charge in [0.25, 0.3) is 5.91 Å². The normalized spacial score (nSPS) is 12.0. The Morgan fingerprint density at radius 2 is 2.06 bits per heavy atom. The van der Waals surface area contributed by atoms with Gasteiger partial charge in [0, 0.05) is 29.3 Å². The molecule has 0 aliphatic heterocycles. The number of halogens is 1. The molecular formula is C25H25FN4O2S. The van der Waals surface area contributed by atoms with Gasteiger partial charge in [-0.25, -0.2) is 13.9 Å². The highest BCUT2D eigenvalue weighted by Gasteiger charge is 2.16. The van der Waals surface area contributed by atoms with Crippen molar-refractivity contribution in [3.63, 3.8) is 0 Å². The lowest BCUT2D eigenvalue weighted by atomic mass is 10.0. The Morgan fingerprint density at radius 3 is 2.76 bits per heavy atom. The minimum absolute atomic E-state index is 0.0832. The van der Waals surface area contributed by atoms with Crippen LogP contribution in [-0.4, -0.2) is 32.8 Å². The lowest BCUT2D eigenvalue weighted by Gasteiger charge is -2.13. The average molecular weight is 465 g/mol. The van der Waals surface area contributed by atoms with Gasteiger partial charge in [-0.3, -0.25) is 4.79 Å². The molecule has 2 heterocycles. The van der Waals surface area contributed by atoms with Crippen molar-refractivity contribution in [1.29, 1.82) is 0 Å². The number of aromatic nitrogens is 3. The van der Waals surface area contributed by atoms with Crippen LogP contribution < -0.4 is 10.1 Å². The zero-order chi connectivity index (χ0) is 23.5. The quantitative estimate of drug-likeness (QED) is 0.346. The Bertz CT molecular complexity index is 1320. The van der Waals surface area contributed by atoms with E-state index >= 15 is 0 Å². The van der Waals surface area contributed by atoms with Crippen LogP contribution in [0.3, 0.4) is 0 Å². The first-order chi connectivity index (χ1) is 15.9. The van der Waals surface area contributed by atoms with Crippen LogP contribution in [0.2, 0.25) is 0 Å². The summed E-state index contributed by atoms with van der Waals surface area (Å²) in [5.41, 5.74) is 3.84. The molecule has 33 heavy (non-hydrogen) atoms. The number of nitrogens with zero attached hydrogens (tertiary/aromatic N) is 3. The van der Waals surface area contributed by atoms with Crippen molar-refractivity contribution in [3.8, 4) is 22.9 Å². The third-order valence-corrected chi connectivity index (χ3v) is 6.15. The van der Waals surface area contributed by atoms with E-state index in [1.165, 1.54) is 23.9 Å². The molecule has 1 amide bonds. The minimum Gasteiger partial charge on any atom is -0.437 e. The molecule has 1 unspecified atom stereocenters. The van der Waals surface area contributed by atoms with E-state index in [2.05, 4.69) is 15.4 Å². The van der Waals surface area contributed by atoms with Crippen LogP contribution in [0.4, 0.5) is 4.39 Å². The molecule has 2 aromatic carbocycles. The van der Waals surface area contributed by atoms with E-state index in [0.29, 0.717) is 22.8 Å². The summed E-state index contributed by atoms with van der Waals surface area (Å²) in [6.45, 7) is 5.93. The second kappa shape index (κ2) is 9.62. The van der Waals surface area contributed by atoms with E-state index in [4.69, 9.17) is 4.74 Å². The molecule has 0 saturated heterocycles. The van der Waals surface area contributed by atoms with Crippen LogP contribution in [-0.2, 0) is 0 Å². The van der Waals surface area contributed by atoms with Crippen molar-refractivity contribution in [3.05, 3.63) is 71.7 Å². The predicted molar refractivity (Wildman–Crippen MR) is 129 cm³/mol. The van der Waals surface area contributed by atoms with E-state index in [-0.39, 0.29) is 17.8 Å². The summed E-state index contributed by atoms with van der Waals surface area (Å²) in [6, 6.07) is 13.5. The van der Waals surface area contributed by atoms with Gasteiger partial charge in [-0.15, -0.1) is 16.9 Å². The number of nitrogens with one attached hydrogen (secondary N) is 1. The van der Waals surface area contributed by atoms with Gasteiger partial charge in [0.15, 0.2) is 5.65 Å². The SMILES string of the molecule is CCC(C)NC(=O)c1ccc(-c2cnc3c(SC)cc(Oc4cccc(F)c4)nn23)cc1C. The fourth-order valence-corrected chi connectivity index (χ4v) is 3.99. The third kappa shape index (κ3) is 4.85. The molecule has 1 atom stereocenters.